The molecule has 0 aromatic heterocycles. The molecule has 0 aromatic rings. The van der Waals surface area contributed by atoms with Gasteiger partial charge in [-0.1, -0.05) is 19.3 Å². The highest BCUT2D eigenvalue weighted by Crippen LogP contribution is 2.56. The maximum atomic E-state index is 13.1. The van der Waals surface area contributed by atoms with Gasteiger partial charge in [-0.2, -0.15) is 13.2 Å². The average Bonchev–Trinajstić information content (AvgIpc) is 3.09. The van der Waals surface area contributed by atoms with Crippen LogP contribution in [0.15, 0.2) is 0 Å². The summed E-state index contributed by atoms with van der Waals surface area (Å²) in [7, 11) is 1.80. The van der Waals surface area contributed by atoms with E-state index in [1.807, 2.05) is 6.92 Å². The van der Waals surface area contributed by atoms with E-state index in [2.05, 4.69) is 0 Å². The minimum absolute atomic E-state index is 0.0402. The molecule has 3 aliphatic rings. The van der Waals surface area contributed by atoms with Crippen molar-refractivity contribution in [3.05, 3.63) is 0 Å². The van der Waals surface area contributed by atoms with Gasteiger partial charge in [-0.05, 0) is 45.4 Å². The Hall–Kier alpha value is -0.780. The number of alkyl halides is 3. The van der Waals surface area contributed by atoms with Crippen LogP contribution in [0, 0.1) is 17.3 Å². The van der Waals surface area contributed by atoms with Crippen molar-refractivity contribution in [3.63, 3.8) is 0 Å². The number of hydrogen-bond acceptors (Lipinski definition) is 2. The van der Waals surface area contributed by atoms with E-state index in [-0.39, 0.29) is 36.3 Å². The molecule has 0 aliphatic heterocycles. The Balaban J connectivity index is 1.66. The molecular weight excluding hydrogens is 331 g/mol. The van der Waals surface area contributed by atoms with Crippen LogP contribution in [0.25, 0.3) is 0 Å². The maximum absolute atomic E-state index is 13.1. The highest BCUT2D eigenvalue weighted by Gasteiger charge is 2.59. The smallest absolute Gasteiger partial charge is 0.378 e. The zero-order valence-corrected chi connectivity index (χ0v) is 15.3. The molecule has 0 bridgehead atoms. The first-order valence-electron chi connectivity index (χ1n) is 9.74. The molecule has 0 radical (unpaired) electrons. The lowest BCUT2D eigenvalue weighted by Gasteiger charge is -2.57. The molecular formula is C19H30F3NO2. The topological polar surface area (TPSA) is 29.5 Å². The second-order valence-electron chi connectivity index (χ2n) is 8.19. The predicted molar refractivity (Wildman–Crippen MR) is 89.0 cm³/mol. The lowest BCUT2D eigenvalue weighted by Crippen LogP contribution is -2.64. The fourth-order valence-corrected chi connectivity index (χ4v) is 5.55. The second-order valence-corrected chi connectivity index (χ2v) is 8.19. The highest BCUT2D eigenvalue weighted by molar-refractivity contribution is 5.79. The van der Waals surface area contributed by atoms with Gasteiger partial charge in [0.25, 0.3) is 0 Å². The molecule has 3 nitrogen and oxygen atoms in total. The Morgan fingerprint density at radius 3 is 2.44 bits per heavy atom. The third-order valence-electron chi connectivity index (χ3n) is 6.95. The molecule has 3 aliphatic carbocycles. The van der Waals surface area contributed by atoms with Gasteiger partial charge in [0.15, 0.2) is 0 Å². The SMILES string of the molecule is CCO[C@@H]1C[C@H](N(C)C(=O)[C@H]2CCC[C@H](C(F)(F)F)C2)C12CCCC2. The molecule has 1 amide bonds. The summed E-state index contributed by atoms with van der Waals surface area (Å²) in [6.07, 6.45) is 2.49. The molecule has 6 heteroatoms. The fourth-order valence-electron chi connectivity index (χ4n) is 5.55. The third kappa shape index (κ3) is 3.43. The first-order chi connectivity index (χ1) is 11.8. The van der Waals surface area contributed by atoms with Gasteiger partial charge in [0.2, 0.25) is 5.91 Å². The second kappa shape index (κ2) is 7.09. The number of hydrogen-bond donors (Lipinski definition) is 0. The molecule has 144 valence electrons. The zero-order valence-electron chi connectivity index (χ0n) is 15.3. The van der Waals surface area contributed by atoms with E-state index < -0.39 is 18.0 Å². The van der Waals surface area contributed by atoms with Gasteiger partial charge in [-0.25, -0.2) is 0 Å². The van der Waals surface area contributed by atoms with Gasteiger partial charge in [0, 0.05) is 31.0 Å². The number of ether oxygens (including phenoxy) is 1. The molecule has 3 saturated carbocycles. The fraction of sp³-hybridized carbons (Fsp3) is 0.947. The van der Waals surface area contributed by atoms with Crippen molar-refractivity contribution in [2.45, 2.75) is 83.0 Å². The summed E-state index contributed by atoms with van der Waals surface area (Å²) >= 11 is 0. The van der Waals surface area contributed by atoms with E-state index in [0.717, 1.165) is 32.1 Å². The normalized spacial score (nSPS) is 34.8. The third-order valence-corrected chi connectivity index (χ3v) is 6.95. The largest absolute Gasteiger partial charge is 0.391 e. The summed E-state index contributed by atoms with van der Waals surface area (Å²) < 4.78 is 45.0. The Bertz CT molecular complexity index is 488. The van der Waals surface area contributed by atoms with Crippen molar-refractivity contribution in [3.8, 4) is 0 Å². The molecule has 4 atom stereocenters. The van der Waals surface area contributed by atoms with Gasteiger partial charge in [0.05, 0.1) is 12.0 Å². The molecule has 0 heterocycles. The number of carbonyl (C=O) groups is 1. The molecule has 0 saturated heterocycles. The van der Waals surface area contributed by atoms with Crippen molar-refractivity contribution >= 4 is 5.91 Å². The van der Waals surface area contributed by atoms with E-state index >= 15 is 0 Å². The van der Waals surface area contributed by atoms with Gasteiger partial charge >= 0.3 is 6.18 Å². The van der Waals surface area contributed by atoms with Crippen LogP contribution in [0.1, 0.15) is 64.7 Å². The Kier molecular flexibility index (Phi) is 5.38. The van der Waals surface area contributed by atoms with E-state index in [1.165, 1.54) is 0 Å². The van der Waals surface area contributed by atoms with Gasteiger partial charge in [0.1, 0.15) is 0 Å². The monoisotopic (exact) mass is 361 g/mol. The molecule has 0 N–H and O–H groups in total. The average molecular weight is 361 g/mol. The van der Waals surface area contributed by atoms with Gasteiger partial charge in [-0.3, -0.25) is 4.79 Å². The lowest BCUT2D eigenvalue weighted by atomic mass is 9.59. The summed E-state index contributed by atoms with van der Waals surface area (Å²) in [5, 5.41) is 0. The van der Waals surface area contributed by atoms with Crippen LogP contribution in [-0.2, 0) is 9.53 Å². The number of nitrogens with zero attached hydrogens (tertiary/aromatic N) is 1. The van der Waals surface area contributed by atoms with E-state index in [4.69, 9.17) is 4.74 Å². The number of amides is 1. The van der Waals surface area contributed by atoms with Gasteiger partial charge < -0.3 is 9.64 Å². The van der Waals surface area contributed by atoms with Crippen LogP contribution in [0.2, 0.25) is 0 Å². The molecule has 0 aromatic carbocycles. The highest BCUT2D eigenvalue weighted by atomic mass is 19.4. The lowest BCUT2D eigenvalue weighted by molar-refractivity contribution is -0.191. The summed E-state index contributed by atoms with van der Waals surface area (Å²) in [6, 6.07) is 0.130. The maximum Gasteiger partial charge on any atom is 0.391 e. The number of carbonyl (C=O) groups excluding carboxylic acids is 1. The first kappa shape index (κ1) is 19.0. The number of rotatable bonds is 4. The summed E-state index contributed by atoms with van der Waals surface area (Å²) in [5.74, 6) is -1.88. The Morgan fingerprint density at radius 2 is 1.84 bits per heavy atom. The molecule has 3 fully saturated rings. The van der Waals surface area contributed by atoms with Crippen LogP contribution < -0.4 is 0 Å². The van der Waals surface area contributed by atoms with Crippen molar-refractivity contribution in [2.75, 3.05) is 13.7 Å². The molecule has 3 rings (SSSR count). The minimum Gasteiger partial charge on any atom is -0.378 e. The van der Waals surface area contributed by atoms with Crippen molar-refractivity contribution in [1.82, 2.24) is 4.90 Å². The standard InChI is InChI=1S/C19H30F3NO2/c1-3-25-16-12-15(18(16)9-4-5-10-18)23(2)17(24)13-7-6-8-14(11-13)19(20,21)22/h13-16H,3-12H2,1-2H3/t13-,14-,15-,16+/m0/s1. The van der Waals surface area contributed by atoms with Crippen molar-refractivity contribution in [2.24, 2.45) is 17.3 Å². The zero-order chi connectivity index (χ0) is 18.2. The van der Waals surface area contributed by atoms with E-state index in [9.17, 15) is 18.0 Å². The minimum atomic E-state index is -4.18. The van der Waals surface area contributed by atoms with Gasteiger partial charge in [-0.15, -0.1) is 0 Å². The van der Waals surface area contributed by atoms with Crippen molar-refractivity contribution < 1.29 is 22.7 Å². The summed E-state index contributed by atoms with van der Waals surface area (Å²) in [6.45, 7) is 2.66. The van der Waals surface area contributed by atoms with Crippen LogP contribution in [0.3, 0.4) is 0 Å². The summed E-state index contributed by atoms with van der Waals surface area (Å²) in [4.78, 5) is 14.7. The Labute approximate surface area is 148 Å². The van der Waals surface area contributed by atoms with E-state index in [1.54, 1.807) is 11.9 Å². The first-order valence-corrected chi connectivity index (χ1v) is 9.74. The van der Waals surface area contributed by atoms with Crippen LogP contribution >= 0.6 is 0 Å². The Morgan fingerprint density at radius 1 is 1.16 bits per heavy atom. The van der Waals surface area contributed by atoms with Crippen LogP contribution in [-0.4, -0.2) is 42.8 Å². The molecule has 25 heavy (non-hydrogen) atoms. The van der Waals surface area contributed by atoms with E-state index in [0.29, 0.717) is 19.4 Å². The quantitative estimate of drug-likeness (QED) is 0.735. The molecule has 0 unspecified atom stereocenters. The van der Waals surface area contributed by atoms with Crippen LogP contribution in [0.4, 0.5) is 13.2 Å². The predicted octanol–water partition coefficient (Wildman–Crippen LogP) is 4.55. The number of halogens is 3. The molecule has 1 spiro atoms. The van der Waals surface area contributed by atoms with Crippen LogP contribution in [0.5, 0.6) is 0 Å². The van der Waals surface area contributed by atoms with Crippen molar-refractivity contribution in [1.29, 1.82) is 0 Å². The summed E-state index contributed by atoms with van der Waals surface area (Å²) in [5.41, 5.74) is 0.0402.